The monoisotopic (exact) mass is 238 g/mol. The van der Waals surface area contributed by atoms with E-state index >= 15 is 0 Å². The molecule has 1 heterocycles. The molecule has 1 unspecified atom stereocenters. The number of nitrogens with zero attached hydrogens (tertiary/aromatic N) is 1. The highest BCUT2D eigenvalue weighted by atomic mass is 32.1. The van der Waals surface area contributed by atoms with E-state index in [1.165, 1.54) is 29.8 Å². The molecule has 1 aliphatic carbocycles. The molecule has 0 saturated carbocycles. The molecule has 0 radical (unpaired) electrons. The van der Waals surface area contributed by atoms with E-state index < -0.39 is 0 Å². The predicted octanol–water partition coefficient (Wildman–Crippen LogP) is 3.14. The van der Waals surface area contributed by atoms with Crippen LogP contribution in [0.2, 0.25) is 0 Å². The van der Waals surface area contributed by atoms with Crippen LogP contribution in [0, 0.1) is 11.3 Å². The molecular weight excluding hydrogens is 216 g/mol. The van der Waals surface area contributed by atoms with Crippen molar-refractivity contribution in [3.8, 4) is 0 Å². The van der Waals surface area contributed by atoms with Crippen molar-refractivity contribution >= 4 is 11.3 Å². The van der Waals surface area contributed by atoms with E-state index in [2.05, 4.69) is 25.8 Å². The Morgan fingerprint density at radius 1 is 1.50 bits per heavy atom. The van der Waals surface area contributed by atoms with Crippen LogP contribution in [0.1, 0.15) is 49.2 Å². The molecule has 0 spiro atoms. The summed E-state index contributed by atoms with van der Waals surface area (Å²) in [4.78, 5) is 6.10. The number of thiazole rings is 1. The average Bonchev–Trinajstić information content (AvgIpc) is 2.70. The highest BCUT2D eigenvalue weighted by Crippen LogP contribution is 2.41. The van der Waals surface area contributed by atoms with E-state index in [0.29, 0.717) is 12.0 Å². The summed E-state index contributed by atoms with van der Waals surface area (Å²) in [6.45, 7) is 7.69. The van der Waals surface area contributed by atoms with Gasteiger partial charge in [0.15, 0.2) is 0 Å². The van der Waals surface area contributed by atoms with E-state index in [1.54, 1.807) is 0 Å². The van der Waals surface area contributed by atoms with Crippen LogP contribution in [-0.4, -0.2) is 4.98 Å². The van der Waals surface area contributed by atoms with E-state index in [1.807, 2.05) is 11.3 Å². The van der Waals surface area contributed by atoms with Crippen molar-refractivity contribution in [2.75, 3.05) is 0 Å². The molecule has 0 aliphatic heterocycles. The van der Waals surface area contributed by atoms with Gasteiger partial charge in [-0.15, -0.1) is 11.3 Å². The second kappa shape index (κ2) is 4.46. The first kappa shape index (κ1) is 12.1. The van der Waals surface area contributed by atoms with Crippen molar-refractivity contribution < 1.29 is 0 Å². The van der Waals surface area contributed by atoms with Crippen molar-refractivity contribution in [3.05, 3.63) is 15.6 Å². The maximum Gasteiger partial charge on any atom is 0.107 e. The number of hydrogen-bond acceptors (Lipinski definition) is 3. The minimum atomic E-state index is 0.463. The van der Waals surface area contributed by atoms with E-state index in [4.69, 9.17) is 5.73 Å². The van der Waals surface area contributed by atoms with Crippen LogP contribution < -0.4 is 5.73 Å². The Kier molecular flexibility index (Phi) is 3.36. The molecule has 2 N–H and O–H groups in total. The van der Waals surface area contributed by atoms with Gasteiger partial charge in [0, 0.05) is 11.4 Å². The number of aryl methyl sites for hydroxylation is 1. The zero-order chi connectivity index (χ0) is 11.8. The van der Waals surface area contributed by atoms with Crippen LogP contribution in [0.4, 0.5) is 0 Å². The summed E-state index contributed by atoms with van der Waals surface area (Å²) in [7, 11) is 0. The molecule has 16 heavy (non-hydrogen) atoms. The summed E-state index contributed by atoms with van der Waals surface area (Å²) >= 11 is 1.83. The number of nitrogens with two attached hydrogens (primary N) is 1. The Labute approximate surface area is 102 Å². The van der Waals surface area contributed by atoms with Gasteiger partial charge >= 0.3 is 0 Å². The molecule has 0 saturated heterocycles. The molecule has 0 fully saturated rings. The summed E-state index contributed by atoms with van der Waals surface area (Å²) in [5.41, 5.74) is 7.45. The first-order valence-corrected chi connectivity index (χ1v) is 7.06. The summed E-state index contributed by atoms with van der Waals surface area (Å²) in [5.74, 6) is 0.816. The standard InChI is InChI=1S/C13H22N2S/c1-4-13(2,3)9-5-6-10-11(7-9)16-12(8-14)15-10/h9H,4-8,14H2,1-3H3. The zero-order valence-corrected chi connectivity index (χ0v) is 11.4. The molecule has 0 aromatic carbocycles. The van der Waals surface area contributed by atoms with Gasteiger partial charge in [-0.05, 0) is 30.6 Å². The van der Waals surface area contributed by atoms with E-state index in [9.17, 15) is 0 Å². The Balaban J connectivity index is 2.17. The predicted molar refractivity (Wildman–Crippen MR) is 69.6 cm³/mol. The Morgan fingerprint density at radius 3 is 2.88 bits per heavy atom. The highest BCUT2D eigenvalue weighted by Gasteiger charge is 2.32. The minimum Gasteiger partial charge on any atom is -0.325 e. The van der Waals surface area contributed by atoms with Crippen molar-refractivity contribution in [1.82, 2.24) is 4.98 Å². The van der Waals surface area contributed by atoms with Gasteiger partial charge in [0.25, 0.3) is 0 Å². The Morgan fingerprint density at radius 2 is 2.25 bits per heavy atom. The van der Waals surface area contributed by atoms with Crippen LogP contribution in [-0.2, 0) is 19.4 Å². The van der Waals surface area contributed by atoms with Gasteiger partial charge in [0.2, 0.25) is 0 Å². The van der Waals surface area contributed by atoms with Gasteiger partial charge in [0.1, 0.15) is 5.01 Å². The largest absolute Gasteiger partial charge is 0.325 e. The topological polar surface area (TPSA) is 38.9 Å². The molecule has 0 amide bonds. The second-order valence-corrected chi connectivity index (χ2v) is 6.63. The summed E-state index contributed by atoms with van der Waals surface area (Å²) in [6, 6.07) is 0. The third-order valence-corrected chi connectivity index (χ3v) is 5.32. The fourth-order valence-electron chi connectivity index (χ4n) is 2.47. The third kappa shape index (κ3) is 2.16. The van der Waals surface area contributed by atoms with Crippen molar-refractivity contribution in [2.45, 2.75) is 53.0 Å². The smallest absolute Gasteiger partial charge is 0.107 e. The van der Waals surface area contributed by atoms with Crippen LogP contribution in [0.5, 0.6) is 0 Å². The van der Waals surface area contributed by atoms with Crippen molar-refractivity contribution in [3.63, 3.8) is 0 Å². The molecular formula is C13H22N2S. The van der Waals surface area contributed by atoms with Gasteiger partial charge in [-0.3, -0.25) is 0 Å². The number of hydrogen-bond donors (Lipinski definition) is 1. The van der Waals surface area contributed by atoms with Crippen LogP contribution >= 0.6 is 11.3 Å². The molecule has 1 aromatic rings. The lowest BCUT2D eigenvalue weighted by Crippen LogP contribution is -2.28. The molecule has 2 rings (SSSR count). The highest BCUT2D eigenvalue weighted by molar-refractivity contribution is 7.11. The number of aromatic nitrogens is 1. The molecule has 0 bridgehead atoms. The van der Waals surface area contributed by atoms with Gasteiger partial charge in [-0.2, -0.15) is 0 Å². The molecule has 3 heteroatoms. The average molecular weight is 238 g/mol. The second-order valence-electron chi connectivity index (χ2n) is 5.46. The molecule has 90 valence electrons. The fourth-order valence-corrected chi connectivity index (χ4v) is 3.55. The first-order valence-electron chi connectivity index (χ1n) is 6.24. The Hall–Kier alpha value is -0.410. The first-order chi connectivity index (χ1) is 7.56. The molecule has 1 atom stereocenters. The van der Waals surface area contributed by atoms with E-state index in [0.717, 1.165) is 17.3 Å². The maximum atomic E-state index is 5.66. The van der Waals surface area contributed by atoms with Gasteiger partial charge in [-0.25, -0.2) is 4.98 Å². The quantitative estimate of drug-likeness (QED) is 0.878. The van der Waals surface area contributed by atoms with Crippen molar-refractivity contribution in [1.29, 1.82) is 0 Å². The lowest BCUT2D eigenvalue weighted by Gasteiger charge is -2.35. The summed E-state index contributed by atoms with van der Waals surface area (Å²) in [5, 5.41) is 1.11. The number of rotatable bonds is 3. The maximum absolute atomic E-state index is 5.66. The minimum absolute atomic E-state index is 0.463. The van der Waals surface area contributed by atoms with E-state index in [-0.39, 0.29) is 0 Å². The van der Waals surface area contributed by atoms with Crippen LogP contribution in [0.3, 0.4) is 0 Å². The Bertz CT molecular complexity index is 368. The van der Waals surface area contributed by atoms with Crippen LogP contribution in [0.25, 0.3) is 0 Å². The number of fused-ring (bicyclic) bond motifs is 1. The van der Waals surface area contributed by atoms with Crippen LogP contribution in [0.15, 0.2) is 0 Å². The summed E-state index contributed by atoms with van der Waals surface area (Å²) < 4.78 is 0. The third-order valence-electron chi connectivity index (χ3n) is 4.17. The molecule has 1 aromatic heterocycles. The lowest BCUT2D eigenvalue weighted by molar-refractivity contribution is 0.183. The molecule has 1 aliphatic rings. The lowest BCUT2D eigenvalue weighted by atomic mass is 9.70. The van der Waals surface area contributed by atoms with Crippen molar-refractivity contribution in [2.24, 2.45) is 17.1 Å². The fraction of sp³-hybridized carbons (Fsp3) is 0.769. The van der Waals surface area contributed by atoms with Gasteiger partial charge < -0.3 is 5.73 Å². The normalized spacial score (nSPS) is 20.9. The zero-order valence-electron chi connectivity index (χ0n) is 10.5. The summed E-state index contributed by atoms with van der Waals surface area (Å²) in [6.07, 6.45) is 4.92. The van der Waals surface area contributed by atoms with Gasteiger partial charge in [-0.1, -0.05) is 27.2 Å². The molecule has 2 nitrogen and oxygen atoms in total. The van der Waals surface area contributed by atoms with Gasteiger partial charge in [0.05, 0.1) is 5.69 Å². The SMILES string of the molecule is CCC(C)(C)C1CCc2nc(CN)sc2C1.